The predicted molar refractivity (Wildman–Crippen MR) is 219 cm³/mol. The van der Waals surface area contributed by atoms with Gasteiger partial charge in [0.1, 0.15) is 36.6 Å². The van der Waals surface area contributed by atoms with E-state index in [0.29, 0.717) is 12.5 Å². The molecule has 3 aromatic rings. The fourth-order valence-corrected chi connectivity index (χ4v) is 10.1. The molecule has 0 aliphatic carbocycles. The minimum Gasteiger partial charge on any atom is -0.440 e. The Balaban J connectivity index is 1.36. The Labute approximate surface area is 344 Å². The Bertz CT molecular complexity index is 1760. The van der Waals surface area contributed by atoms with Crippen LogP contribution < -0.4 is 0 Å². The fraction of sp³-hybridized carbons (Fsp3) is 0.556. The topological polar surface area (TPSA) is 120 Å². The summed E-state index contributed by atoms with van der Waals surface area (Å²) in [6, 6.07) is 28.8. The quantitative estimate of drug-likeness (QED) is 0.125. The van der Waals surface area contributed by atoms with Gasteiger partial charge in [-0.3, -0.25) is 4.79 Å². The van der Waals surface area contributed by atoms with E-state index in [9.17, 15) is 9.59 Å². The average molecular weight is 820 g/mol. The molecule has 0 bridgehead atoms. The number of imide groups is 1. The van der Waals surface area contributed by atoms with Crippen molar-refractivity contribution in [1.82, 2.24) is 4.90 Å². The van der Waals surface area contributed by atoms with Gasteiger partial charge in [0, 0.05) is 14.0 Å². The lowest BCUT2D eigenvalue weighted by Gasteiger charge is -2.49. The Kier molecular flexibility index (Phi) is 14.6. The van der Waals surface area contributed by atoms with Crippen LogP contribution in [-0.2, 0) is 66.9 Å². The number of carbonyl (C=O) groups is 2. The standard InChI is InChI=1S/C45H61NO11Si/c1-29(2)45(5,6)58(8,9)53-28-35-38(39-36(42(49-7)55-35)46(31(4)47)44(48)57-39)56-43-41(52-27-34-23-17-12-18-24-34)40(51-26-33-21-15-11-16-22-33)37(30(3)54-43)50-25-32-19-13-10-14-20-32/h10-24,29-30,35-43H,25-28H2,1-9H3/t30-,35+,36+,37+,38+,39+,40+,41-,42+,43-/m0/s1. The van der Waals surface area contributed by atoms with Crippen molar-refractivity contribution >= 4 is 20.3 Å². The second-order valence-corrected chi connectivity index (χ2v) is 21.4. The molecule has 0 saturated carbocycles. The van der Waals surface area contributed by atoms with Gasteiger partial charge in [-0.05, 0) is 47.7 Å². The smallest absolute Gasteiger partial charge is 0.417 e. The molecule has 0 spiro atoms. The minimum absolute atomic E-state index is 0.0944. The normalized spacial score (nSPS) is 29.0. The average Bonchev–Trinajstić information content (AvgIpc) is 3.57. The van der Waals surface area contributed by atoms with E-state index in [1.807, 2.05) is 97.9 Å². The van der Waals surface area contributed by atoms with Gasteiger partial charge in [0.2, 0.25) is 5.91 Å². The van der Waals surface area contributed by atoms with E-state index in [-0.39, 0.29) is 24.9 Å². The monoisotopic (exact) mass is 819 g/mol. The number of rotatable bonds is 17. The zero-order valence-electron chi connectivity index (χ0n) is 35.3. The van der Waals surface area contributed by atoms with E-state index >= 15 is 0 Å². The van der Waals surface area contributed by atoms with E-state index in [4.69, 9.17) is 42.3 Å². The third-order valence-corrected chi connectivity index (χ3v) is 17.0. The van der Waals surface area contributed by atoms with E-state index < -0.39 is 81.7 Å². The lowest BCUT2D eigenvalue weighted by atomic mass is 9.95. The number of carbonyl (C=O) groups excluding carboxylic acids is 2. The zero-order valence-corrected chi connectivity index (χ0v) is 36.3. The molecule has 0 aromatic heterocycles. The highest BCUT2D eigenvalue weighted by Crippen LogP contribution is 2.45. The molecule has 10 atom stereocenters. The number of methoxy groups -OCH3 is 1. The number of amides is 2. The van der Waals surface area contributed by atoms with Crippen LogP contribution in [0, 0.1) is 5.92 Å². The number of fused-ring (bicyclic) bond motifs is 1. The Morgan fingerprint density at radius 3 is 1.74 bits per heavy atom. The maximum absolute atomic E-state index is 13.4. The van der Waals surface area contributed by atoms with Crippen LogP contribution in [0.3, 0.4) is 0 Å². The third-order valence-electron chi connectivity index (χ3n) is 12.4. The summed E-state index contributed by atoms with van der Waals surface area (Å²) in [5, 5.41) is -0.0944. The van der Waals surface area contributed by atoms with Gasteiger partial charge in [-0.2, -0.15) is 0 Å². The molecule has 3 aliphatic heterocycles. The number of hydrogen-bond acceptors (Lipinski definition) is 11. The Morgan fingerprint density at radius 1 is 0.759 bits per heavy atom. The van der Waals surface area contributed by atoms with Gasteiger partial charge < -0.3 is 42.3 Å². The van der Waals surface area contributed by atoms with Crippen LogP contribution in [0.4, 0.5) is 4.79 Å². The van der Waals surface area contributed by atoms with Crippen LogP contribution in [0.5, 0.6) is 0 Å². The summed E-state index contributed by atoms with van der Waals surface area (Å²) in [7, 11) is -0.908. The molecule has 2 amide bonds. The first-order valence-corrected chi connectivity index (χ1v) is 23.2. The second kappa shape index (κ2) is 19.3. The summed E-state index contributed by atoms with van der Waals surface area (Å²) in [5.74, 6) is -0.141. The highest BCUT2D eigenvalue weighted by Gasteiger charge is 2.60. The largest absolute Gasteiger partial charge is 0.440 e. The molecule has 3 fully saturated rings. The highest BCUT2D eigenvalue weighted by molar-refractivity contribution is 6.74. The van der Waals surface area contributed by atoms with E-state index in [2.05, 4.69) is 40.8 Å². The summed E-state index contributed by atoms with van der Waals surface area (Å²) >= 11 is 0. The van der Waals surface area contributed by atoms with Gasteiger partial charge in [-0.1, -0.05) is 119 Å². The Hall–Kier alpha value is -3.50. The SMILES string of the molecule is CO[C@@H]1O[C@H](CO[Si](C)(C)C(C)(C)C(C)C)[C@@H](O[C@@H]2O[C@@H](C)[C@@H](OCc3ccccc3)[C@@H](OCc3ccccc3)[C@@H]2OCc2ccccc2)[C@@H]2OC(=O)N(C(C)=O)[C@@H]12. The number of nitrogens with zero attached hydrogens (tertiary/aromatic N) is 1. The molecule has 3 aliphatic rings. The number of hydrogen-bond donors (Lipinski definition) is 0. The van der Waals surface area contributed by atoms with Crippen molar-refractivity contribution in [3.8, 4) is 0 Å². The third kappa shape index (κ3) is 9.91. The van der Waals surface area contributed by atoms with Gasteiger partial charge in [-0.15, -0.1) is 0 Å². The maximum atomic E-state index is 13.4. The van der Waals surface area contributed by atoms with Crippen LogP contribution in [0.25, 0.3) is 0 Å². The molecular formula is C45H61NO11Si. The lowest BCUT2D eigenvalue weighted by Crippen LogP contribution is -2.66. The summed E-state index contributed by atoms with van der Waals surface area (Å²) in [4.78, 5) is 27.3. The molecule has 12 nitrogen and oxygen atoms in total. The molecule has 58 heavy (non-hydrogen) atoms. The summed E-state index contributed by atoms with van der Waals surface area (Å²) in [5.41, 5.74) is 2.93. The molecule has 6 rings (SSSR count). The van der Waals surface area contributed by atoms with Gasteiger partial charge in [0.05, 0.1) is 32.5 Å². The van der Waals surface area contributed by atoms with Crippen molar-refractivity contribution in [3.05, 3.63) is 108 Å². The summed E-state index contributed by atoms with van der Waals surface area (Å²) in [6.07, 6.45) is -8.21. The summed E-state index contributed by atoms with van der Waals surface area (Å²) in [6.45, 7) is 17.4. The van der Waals surface area contributed by atoms with Crippen LogP contribution in [0.2, 0.25) is 18.1 Å². The van der Waals surface area contributed by atoms with Gasteiger partial charge in [-0.25, -0.2) is 9.69 Å². The van der Waals surface area contributed by atoms with Crippen molar-refractivity contribution in [2.45, 2.75) is 141 Å². The van der Waals surface area contributed by atoms with E-state index in [0.717, 1.165) is 21.6 Å². The van der Waals surface area contributed by atoms with Crippen LogP contribution in [0.1, 0.15) is 58.2 Å². The zero-order chi connectivity index (χ0) is 41.6. The molecular weight excluding hydrogens is 759 g/mol. The molecule has 0 unspecified atom stereocenters. The molecule has 316 valence electrons. The highest BCUT2D eigenvalue weighted by atomic mass is 28.4. The number of benzene rings is 3. The first kappa shape index (κ1) is 44.1. The molecule has 0 radical (unpaired) electrons. The van der Waals surface area contributed by atoms with E-state index in [1.54, 1.807) is 0 Å². The summed E-state index contributed by atoms with van der Waals surface area (Å²) < 4.78 is 59.3. The first-order chi connectivity index (χ1) is 27.7. The van der Waals surface area contributed by atoms with Crippen LogP contribution >= 0.6 is 0 Å². The predicted octanol–water partition coefficient (Wildman–Crippen LogP) is 7.64. The van der Waals surface area contributed by atoms with E-state index in [1.165, 1.54) is 14.0 Å². The van der Waals surface area contributed by atoms with Crippen LogP contribution in [-0.4, -0.2) is 100 Å². The van der Waals surface area contributed by atoms with Crippen molar-refractivity contribution in [3.63, 3.8) is 0 Å². The molecule has 3 heterocycles. The Morgan fingerprint density at radius 2 is 1.26 bits per heavy atom. The number of ether oxygens (including phenoxy) is 8. The lowest BCUT2D eigenvalue weighted by molar-refractivity contribution is -0.354. The molecule has 3 saturated heterocycles. The molecule has 13 heteroatoms. The second-order valence-electron chi connectivity index (χ2n) is 16.8. The van der Waals surface area contributed by atoms with Gasteiger partial charge in [0.15, 0.2) is 27.0 Å². The maximum Gasteiger partial charge on any atom is 0.417 e. The fourth-order valence-electron chi connectivity index (χ4n) is 7.73. The molecule has 3 aromatic carbocycles. The van der Waals surface area contributed by atoms with Crippen molar-refractivity contribution in [2.24, 2.45) is 5.92 Å². The van der Waals surface area contributed by atoms with Crippen molar-refractivity contribution in [1.29, 1.82) is 0 Å². The van der Waals surface area contributed by atoms with Gasteiger partial charge >= 0.3 is 6.09 Å². The van der Waals surface area contributed by atoms with Crippen molar-refractivity contribution in [2.75, 3.05) is 13.7 Å². The minimum atomic E-state index is -2.39. The van der Waals surface area contributed by atoms with Gasteiger partial charge in [0.25, 0.3) is 0 Å². The van der Waals surface area contributed by atoms with Crippen molar-refractivity contribution < 1.29 is 51.9 Å². The first-order valence-electron chi connectivity index (χ1n) is 20.3. The molecule has 0 N–H and O–H groups in total. The van der Waals surface area contributed by atoms with Crippen LogP contribution in [0.15, 0.2) is 91.0 Å².